The number of rotatable bonds is 7. The number of methoxy groups -OCH3 is 1. The van der Waals surface area contributed by atoms with E-state index in [2.05, 4.69) is 4.98 Å². The molecule has 32 heavy (non-hydrogen) atoms. The Morgan fingerprint density at radius 1 is 1.03 bits per heavy atom. The van der Waals surface area contributed by atoms with E-state index < -0.39 is 11.8 Å². The van der Waals surface area contributed by atoms with Gasteiger partial charge in [-0.3, -0.25) is 9.78 Å². The lowest BCUT2D eigenvalue weighted by Gasteiger charge is -2.13. The Morgan fingerprint density at radius 2 is 1.84 bits per heavy atom. The quantitative estimate of drug-likeness (QED) is 0.325. The molecular weight excluding hydrogens is 411 g/mol. The summed E-state index contributed by atoms with van der Waals surface area (Å²) in [6, 6.07) is 18.8. The van der Waals surface area contributed by atoms with Crippen LogP contribution in [0.5, 0.6) is 17.2 Å². The van der Waals surface area contributed by atoms with Crippen molar-refractivity contribution < 1.29 is 23.4 Å². The Kier molecular flexibility index (Phi) is 6.17. The molecule has 2 N–H and O–H groups in total. The number of ether oxygens (including phenoxy) is 3. The number of anilines is 1. The molecule has 0 unspecified atom stereocenters. The van der Waals surface area contributed by atoms with Gasteiger partial charge < -0.3 is 19.9 Å². The number of pyridine rings is 1. The number of nitrogens with zero attached hydrogens (tertiary/aromatic N) is 1. The average molecular weight is 432 g/mol. The van der Waals surface area contributed by atoms with E-state index >= 15 is 0 Å². The van der Waals surface area contributed by atoms with E-state index in [1.807, 2.05) is 30.3 Å². The number of carbonyl (C=O) groups excluding carboxylic acids is 1. The van der Waals surface area contributed by atoms with Crippen molar-refractivity contribution in [3.63, 3.8) is 0 Å². The molecule has 0 bridgehead atoms. The SMILES string of the molecule is COc1cc2nccc(Oc3ccc(N)c(F)c3)c2cc1CC(=O)OCc1ccccc1. The Hall–Kier alpha value is -4.13. The molecule has 4 rings (SSSR count). The summed E-state index contributed by atoms with van der Waals surface area (Å²) in [5, 5.41) is 0.649. The lowest BCUT2D eigenvalue weighted by atomic mass is 10.1. The Morgan fingerprint density at radius 3 is 2.59 bits per heavy atom. The zero-order valence-electron chi connectivity index (χ0n) is 17.4. The van der Waals surface area contributed by atoms with Crippen molar-refractivity contribution in [3.05, 3.63) is 89.9 Å². The van der Waals surface area contributed by atoms with Gasteiger partial charge in [-0.2, -0.15) is 0 Å². The molecule has 4 aromatic rings. The van der Waals surface area contributed by atoms with Crippen LogP contribution in [0.1, 0.15) is 11.1 Å². The molecule has 162 valence electrons. The highest BCUT2D eigenvalue weighted by molar-refractivity contribution is 5.88. The highest BCUT2D eigenvalue weighted by Gasteiger charge is 2.15. The Balaban J connectivity index is 1.60. The molecular formula is C25H21FN2O4. The lowest BCUT2D eigenvalue weighted by molar-refractivity contribution is -0.144. The number of nitrogen functional groups attached to an aromatic ring is 1. The molecule has 0 radical (unpaired) electrons. The van der Waals surface area contributed by atoms with Crippen LogP contribution in [-0.2, 0) is 22.6 Å². The molecule has 0 amide bonds. The fourth-order valence-corrected chi connectivity index (χ4v) is 3.25. The van der Waals surface area contributed by atoms with Crippen molar-refractivity contribution in [1.29, 1.82) is 0 Å². The summed E-state index contributed by atoms with van der Waals surface area (Å²) in [7, 11) is 1.53. The molecule has 6 nitrogen and oxygen atoms in total. The van der Waals surface area contributed by atoms with Crippen LogP contribution in [-0.4, -0.2) is 18.1 Å². The first-order valence-electron chi connectivity index (χ1n) is 9.91. The van der Waals surface area contributed by atoms with Crippen LogP contribution in [0.3, 0.4) is 0 Å². The Bertz CT molecular complexity index is 1260. The van der Waals surface area contributed by atoms with Crippen LogP contribution in [0.15, 0.2) is 72.9 Å². The molecule has 0 saturated heterocycles. The topological polar surface area (TPSA) is 83.7 Å². The summed E-state index contributed by atoms with van der Waals surface area (Å²) in [6.45, 7) is 0.189. The van der Waals surface area contributed by atoms with Crippen LogP contribution >= 0.6 is 0 Å². The minimum Gasteiger partial charge on any atom is -0.496 e. The van der Waals surface area contributed by atoms with Crippen LogP contribution in [0.25, 0.3) is 10.9 Å². The van der Waals surface area contributed by atoms with E-state index in [4.69, 9.17) is 19.9 Å². The zero-order valence-corrected chi connectivity index (χ0v) is 17.4. The molecule has 0 fully saturated rings. The summed E-state index contributed by atoms with van der Waals surface area (Å²) < 4.78 is 30.5. The first-order valence-corrected chi connectivity index (χ1v) is 9.91. The van der Waals surface area contributed by atoms with Crippen molar-refractivity contribution in [3.8, 4) is 17.2 Å². The average Bonchev–Trinajstić information content (AvgIpc) is 2.81. The van der Waals surface area contributed by atoms with Crippen molar-refractivity contribution in [2.24, 2.45) is 0 Å². The minimum absolute atomic E-state index is 0.0107. The van der Waals surface area contributed by atoms with Gasteiger partial charge in [0.05, 0.1) is 24.7 Å². The van der Waals surface area contributed by atoms with Gasteiger partial charge in [-0.25, -0.2) is 4.39 Å². The summed E-state index contributed by atoms with van der Waals surface area (Å²) in [5.74, 6) is 0.310. The molecule has 0 aliphatic heterocycles. The van der Waals surface area contributed by atoms with E-state index in [-0.39, 0.29) is 18.7 Å². The van der Waals surface area contributed by atoms with Gasteiger partial charge in [0, 0.05) is 29.3 Å². The van der Waals surface area contributed by atoms with Gasteiger partial charge in [0.15, 0.2) is 0 Å². The van der Waals surface area contributed by atoms with Crippen LogP contribution in [0.4, 0.5) is 10.1 Å². The standard InChI is InChI=1S/C25H21FN2O4/c1-30-24-14-22-19(11-17(24)12-25(29)31-15-16-5-3-2-4-6-16)23(9-10-28-22)32-18-7-8-21(27)20(26)13-18/h2-11,13-14H,12,15,27H2,1H3. The molecule has 3 aromatic carbocycles. The first-order chi connectivity index (χ1) is 15.5. The molecule has 7 heteroatoms. The summed E-state index contributed by atoms with van der Waals surface area (Å²) in [6.07, 6.45) is 1.59. The highest BCUT2D eigenvalue weighted by atomic mass is 19.1. The molecule has 1 aromatic heterocycles. The number of esters is 1. The number of halogens is 1. The fraction of sp³-hybridized carbons (Fsp3) is 0.120. The number of hydrogen-bond acceptors (Lipinski definition) is 6. The maximum atomic E-state index is 13.8. The van der Waals surface area contributed by atoms with E-state index in [1.165, 1.54) is 19.2 Å². The highest BCUT2D eigenvalue weighted by Crippen LogP contribution is 2.34. The van der Waals surface area contributed by atoms with Gasteiger partial charge in [-0.05, 0) is 29.8 Å². The smallest absolute Gasteiger partial charge is 0.310 e. The number of benzene rings is 3. The lowest BCUT2D eigenvalue weighted by Crippen LogP contribution is -2.09. The number of aromatic nitrogens is 1. The van der Waals surface area contributed by atoms with E-state index in [1.54, 1.807) is 30.5 Å². The van der Waals surface area contributed by atoms with Gasteiger partial charge in [0.2, 0.25) is 0 Å². The predicted molar refractivity (Wildman–Crippen MR) is 119 cm³/mol. The number of carbonyl (C=O) groups is 1. The zero-order chi connectivity index (χ0) is 22.5. The third-order valence-corrected chi connectivity index (χ3v) is 4.88. The largest absolute Gasteiger partial charge is 0.496 e. The maximum absolute atomic E-state index is 13.8. The monoisotopic (exact) mass is 432 g/mol. The van der Waals surface area contributed by atoms with Gasteiger partial charge in [-0.1, -0.05) is 30.3 Å². The van der Waals surface area contributed by atoms with Gasteiger partial charge in [-0.15, -0.1) is 0 Å². The van der Waals surface area contributed by atoms with Crippen molar-refractivity contribution in [1.82, 2.24) is 4.98 Å². The second-order valence-corrected chi connectivity index (χ2v) is 7.10. The van der Waals surface area contributed by atoms with E-state index in [0.29, 0.717) is 33.7 Å². The molecule has 0 atom stereocenters. The van der Waals surface area contributed by atoms with Gasteiger partial charge in [0.1, 0.15) is 29.7 Å². The van der Waals surface area contributed by atoms with E-state index in [0.717, 1.165) is 5.56 Å². The number of hydrogen-bond donors (Lipinski definition) is 1. The molecule has 1 heterocycles. The first kappa shape index (κ1) is 21.1. The van der Waals surface area contributed by atoms with Gasteiger partial charge >= 0.3 is 5.97 Å². The van der Waals surface area contributed by atoms with Crippen molar-refractivity contribution >= 4 is 22.6 Å². The van der Waals surface area contributed by atoms with Crippen molar-refractivity contribution in [2.45, 2.75) is 13.0 Å². The molecule has 0 aliphatic carbocycles. The van der Waals surface area contributed by atoms with Crippen LogP contribution < -0.4 is 15.2 Å². The second kappa shape index (κ2) is 9.34. The summed E-state index contributed by atoms with van der Waals surface area (Å²) in [5.41, 5.74) is 7.71. The number of fused-ring (bicyclic) bond motifs is 1. The van der Waals surface area contributed by atoms with Crippen molar-refractivity contribution in [2.75, 3.05) is 12.8 Å². The predicted octanol–water partition coefficient (Wildman–Crippen LogP) is 5.04. The van der Waals surface area contributed by atoms with Crippen LogP contribution in [0.2, 0.25) is 0 Å². The molecule has 0 saturated carbocycles. The minimum atomic E-state index is -0.565. The normalized spacial score (nSPS) is 10.7. The molecule has 0 spiro atoms. The third kappa shape index (κ3) is 4.78. The van der Waals surface area contributed by atoms with E-state index in [9.17, 15) is 9.18 Å². The van der Waals surface area contributed by atoms with Crippen LogP contribution in [0, 0.1) is 5.82 Å². The third-order valence-electron chi connectivity index (χ3n) is 4.88. The maximum Gasteiger partial charge on any atom is 0.310 e. The Labute approximate surface area is 184 Å². The summed E-state index contributed by atoms with van der Waals surface area (Å²) >= 11 is 0. The fourth-order valence-electron chi connectivity index (χ4n) is 3.25. The molecule has 0 aliphatic rings. The number of nitrogens with two attached hydrogens (primary N) is 1. The summed E-state index contributed by atoms with van der Waals surface area (Å²) in [4.78, 5) is 16.8. The van der Waals surface area contributed by atoms with Gasteiger partial charge in [0.25, 0.3) is 0 Å². The second-order valence-electron chi connectivity index (χ2n) is 7.10.